The fourth-order valence-electron chi connectivity index (χ4n) is 4.21. The molecule has 0 spiro atoms. The first-order valence-electron chi connectivity index (χ1n) is 11.2. The van der Waals surface area contributed by atoms with Crippen LogP contribution in [0.3, 0.4) is 0 Å². The molecule has 1 saturated heterocycles. The van der Waals surface area contributed by atoms with E-state index in [1.807, 2.05) is 0 Å². The van der Waals surface area contributed by atoms with Crippen molar-refractivity contribution in [1.29, 1.82) is 0 Å². The lowest BCUT2D eigenvalue weighted by Gasteiger charge is -2.30. The van der Waals surface area contributed by atoms with Crippen molar-refractivity contribution in [2.75, 3.05) is 6.54 Å². The lowest BCUT2D eigenvalue weighted by atomic mass is 9.72. The molecule has 194 valence electrons. The van der Waals surface area contributed by atoms with Crippen molar-refractivity contribution >= 4 is 43.8 Å². The van der Waals surface area contributed by atoms with Crippen LogP contribution < -0.4 is 20.6 Å². The van der Waals surface area contributed by atoms with E-state index in [1.165, 1.54) is 24.3 Å². The largest absolute Gasteiger partial charge is 0.547 e. The van der Waals surface area contributed by atoms with E-state index in [2.05, 4.69) is 10.6 Å². The molecular formula is C22H23BN3O10P. The number of likely N-dealkylation sites (tertiary alicyclic amines) is 1. The molecule has 2 aliphatic heterocycles. The minimum absolute atomic E-state index is 0.0153. The number of benzene rings is 2. The highest BCUT2D eigenvalue weighted by Crippen LogP contribution is 2.33. The van der Waals surface area contributed by atoms with Gasteiger partial charge in [-0.15, -0.1) is 0 Å². The van der Waals surface area contributed by atoms with Crippen LogP contribution in [0.5, 0.6) is 5.75 Å². The van der Waals surface area contributed by atoms with Crippen LogP contribution in [0.2, 0.25) is 0 Å². The molecular weight excluding hydrogens is 508 g/mol. The zero-order valence-electron chi connectivity index (χ0n) is 19.2. The molecule has 4 amide bonds. The summed E-state index contributed by atoms with van der Waals surface area (Å²) in [4.78, 5) is 69.2. The molecule has 37 heavy (non-hydrogen) atoms. The van der Waals surface area contributed by atoms with Gasteiger partial charge in [0.05, 0.1) is 16.8 Å². The first-order valence-corrected chi connectivity index (χ1v) is 12.8. The molecule has 13 nitrogen and oxygen atoms in total. The monoisotopic (exact) mass is 531 g/mol. The van der Waals surface area contributed by atoms with Crippen LogP contribution in [-0.4, -0.2) is 68.2 Å². The number of fused-ring (bicyclic) bond motifs is 1. The molecule has 0 saturated carbocycles. The van der Waals surface area contributed by atoms with Crippen molar-refractivity contribution in [3.8, 4) is 5.75 Å². The Morgan fingerprint density at radius 2 is 1.84 bits per heavy atom. The second kappa shape index (κ2) is 10.3. The number of amides is 4. The van der Waals surface area contributed by atoms with Gasteiger partial charge in [0.15, 0.2) is 0 Å². The second-order valence-electron chi connectivity index (χ2n) is 8.59. The van der Waals surface area contributed by atoms with Gasteiger partial charge in [0.25, 0.3) is 0 Å². The van der Waals surface area contributed by atoms with Gasteiger partial charge < -0.3 is 35.2 Å². The number of carbonyl (C=O) groups excluding carboxylic acids is 3. The molecule has 15 heteroatoms. The lowest BCUT2D eigenvalue weighted by molar-refractivity contribution is -0.126. The molecule has 1 fully saturated rings. The molecule has 0 aliphatic carbocycles. The normalized spacial score (nSPS) is 18.0. The molecule has 2 heterocycles. The third kappa shape index (κ3) is 5.67. The van der Waals surface area contributed by atoms with Gasteiger partial charge in [0.1, 0.15) is 11.8 Å². The smallest absolute Gasteiger partial charge is 0.534 e. The van der Waals surface area contributed by atoms with Crippen molar-refractivity contribution in [2.45, 2.75) is 31.2 Å². The number of carboxylic acid groups (broad SMARTS) is 1. The van der Waals surface area contributed by atoms with E-state index < -0.39 is 50.5 Å². The molecule has 1 unspecified atom stereocenters. The molecule has 2 aromatic carbocycles. The number of rotatable bonds is 6. The number of urea groups is 1. The summed E-state index contributed by atoms with van der Waals surface area (Å²) in [6.07, 6.45) is 0.680. The zero-order valence-corrected chi connectivity index (χ0v) is 20.1. The van der Waals surface area contributed by atoms with Gasteiger partial charge >= 0.3 is 26.7 Å². The first-order chi connectivity index (χ1) is 17.5. The summed E-state index contributed by atoms with van der Waals surface area (Å²) < 4.78 is 16.9. The number of hydrogen-bond donors (Lipinski definition) is 6. The summed E-state index contributed by atoms with van der Waals surface area (Å²) >= 11 is 0. The Labute approximate surface area is 210 Å². The Bertz CT molecular complexity index is 1300. The van der Waals surface area contributed by atoms with Crippen LogP contribution >= 0.6 is 7.60 Å². The van der Waals surface area contributed by atoms with Gasteiger partial charge in [-0.25, -0.2) is 9.59 Å². The van der Waals surface area contributed by atoms with Crippen LogP contribution in [0, 0.1) is 0 Å². The van der Waals surface area contributed by atoms with Crippen molar-refractivity contribution < 1.29 is 48.3 Å². The number of nitrogens with zero attached hydrogens (tertiary/aromatic N) is 1. The zero-order chi connectivity index (χ0) is 26.9. The summed E-state index contributed by atoms with van der Waals surface area (Å²) in [6.45, 7) is 0.175. The summed E-state index contributed by atoms with van der Waals surface area (Å²) in [7, 11) is -6.16. The van der Waals surface area contributed by atoms with E-state index in [1.54, 1.807) is 6.07 Å². The number of carboxylic acids is 1. The number of para-hydroxylation sites is 1. The Morgan fingerprint density at radius 1 is 1.14 bits per heavy atom. The maximum Gasteiger partial charge on any atom is 0.547 e. The maximum absolute atomic E-state index is 13.3. The Morgan fingerprint density at radius 3 is 2.43 bits per heavy atom. The third-order valence-electron chi connectivity index (χ3n) is 6.09. The van der Waals surface area contributed by atoms with Crippen molar-refractivity contribution in [3.63, 3.8) is 0 Å². The third-order valence-corrected chi connectivity index (χ3v) is 7.06. The first kappa shape index (κ1) is 26.4. The minimum atomic E-state index is -4.56. The van der Waals surface area contributed by atoms with Gasteiger partial charge in [0, 0.05) is 13.0 Å². The quantitative estimate of drug-likeness (QED) is 0.212. The van der Waals surface area contributed by atoms with Gasteiger partial charge in [-0.05, 0) is 42.2 Å². The summed E-state index contributed by atoms with van der Waals surface area (Å²) in [5.74, 6) is -3.49. The van der Waals surface area contributed by atoms with Gasteiger partial charge in [-0.3, -0.25) is 19.1 Å². The molecule has 0 aromatic heterocycles. The van der Waals surface area contributed by atoms with E-state index in [4.69, 9.17) is 4.65 Å². The molecule has 2 aromatic rings. The molecule has 2 atom stereocenters. The fraction of sp³-hybridized carbons (Fsp3) is 0.273. The Hall–Kier alpha value is -3.71. The summed E-state index contributed by atoms with van der Waals surface area (Å²) in [5.41, 5.74) is 0.450. The van der Waals surface area contributed by atoms with E-state index in [0.717, 1.165) is 17.0 Å². The number of imide groups is 1. The topological polar surface area (TPSA) is 203 Å². The Balaban J connectivity index is 1.58. The fourth-order valence-corrected chi connectivity index (χ4v) is 4.75. The van der Waals surface area contributed by atoms with E-state index in [-0.39, 0.29) is 41.6 Å². The van der Waals surface area contributed by atoms with Crippen LogP contribution in [-0.2, 0) is 20.6 Å². The number of aromatic carboxylic acids is 1. The number of hydrogen-bond acceptors (Lipinski definition) is 7. The molecule has 2 aliphatic rings. The lowest BCUT2D eigenvalue weighted by Crippen LogP contribution is -2.56. The highest BCUT2D eigenvalue weighted by atomic mass is 31.2. The molecule has 6 N–H and O–H groups in total. The second-order valence-corrected chi connectivity index (χ2v) is 10.2. The highest BCUT2D eigenvalue weighted by molar-refractivity contribution is 7.60. The summed E-state index contributed by atoms with van der Waals surface area (Å²) in [5, 5.41) is 24.6. The maximum atomic E-state index is 13.3. The highest BCUT2D eigenvalue weighted by Gasteiger charge is 2.40. The standard InChI is InChI=1S/C22H23BN3O10P/c27-17-5-2-10-26(17)22(31)25-18(12-6-8-14(9-7-12)37(33,34)35)20(28)24-16-11-13-3-1-4-15(21(29)30)19(13)36-23(16)32/h1,3-4,6-9,16,18,32H,2,5,10-11H2,(H,24,28)(H,25,31)(H,29,30)(H2,33,34,35)/t16-,18?/m0/s1. The Kier molecular flexibility index (Phi) is 7.37. The summed E-state index contributed by atoms with van der Waals surface area (Å²) in [6, 6.07) is 6.94. The average Bonchev–Trinajstić information content (AvgIpc) is 3.27. The van der Waals surface area contributed by atoms with E-state index >= 15 is 0 Å². The average molecular weight is 531 g/mol. The minimum Gasteiger partial charge on any atom is -0.534 e. The van der Waals surface area contributed by atoms with Crippen LogP contribution in [0.4, 0.5) is 4.79 Å². The van der Waals surface area contributed by atoms with Gasteiger partial charge in [-0.1, -0.05) is 24.3 Å². The van der Waals surface area contributed by atoms with Crippen LogP contribution in [0.1, 0.15) is 40.4 Å². The SMILES string of the molecule is O=C(O)c1cccc2c1OB(O)[C@@H](NC(=O)C(NC(=O)N1CCCC1=O)c1ccc(P(=O)(O)O)cc1)C2. The van der Waals surface area contributed by atoms with Crippen LogP contribution in [0.25, 0.3) is 0 Å². The van der Waals surface area contributed by atoms with Gasteiger partial charge in [0.2, 0.25) is 11.8 Å². The van der Waals surface area contributed by atoms with Gasteiger partial charge in [-0.2, -0.15) is 0 Å². The van der Waals surface area contributed by atoms with Crippen molar-refractivity contribution in [2.24, 2.45) is 0 Å². The predicted octanol–water partition coefficient (Wildman–Crippen LogP) is -0.299. The van der Waals surface area contributed by atoms with Crippen molar-refractivity contribution in [1.82, 2.24) is 15.5 Å². The molecule has 4 rings (SSSR count). The predicted molar refractivity (Wildman–Crippen MR) is 128 cm³/mol. The van der Waals surface area contributed by atoms with Crippen molar-refractivity contribution in [3.05, 3.63) is 59.2 Å². The number of carbonyl (C=O) groups is 4. The van der Waals surface area contributed by atoms with Crippen LogP contribution in [0.15, 0.2) is 42.5 Å². The molecule has 0 radical (unpaired) electrons. The van der Waals surface area contributed by atoms with E-state index in [9.17, 15) is 43.7 Å². The van der Waals surface area contributed by atoms with E-state index in [0.29, 0.717) is 12.0 Å². The number of nitrogens with one attached hydrogen (secondary N) is 2. The molecule has 0 bridgehead atoms.